The minimum Gasteiger partial charge on any atom is -0.431 e. The Morgan fingerprint density at radius 3 is 2.65 bits per heavy atom. The summed E-state index contributed by atoms with van der Waals surface area (Å²) in [5.74, 6) is 0.451. The van der Waals surface area contributed by atoms with Crippen molar-refractivity contribution in [3.8, 4) is 11.5 Å². The SMILES string of the molecule is CC(C)NC(=O)c1cnc(-c2ccccc2)o1. The molecule has 0 bridgehead atoms. The van der Waals surface area contributed by atoms with E-state index in [0.717, 1.165) is 5.56 Å². The molecule has 4 heteroatoms. The molecule has 1 heterocycles. The number of oxazole rings is 1. The summed E-state index contributed by atoms with van der Waals surface area (Å²) in [5.41, 5.74) is 0.857. The quantitative estimate of drug-likeness (QED) is 0.881. The molecule has 0 spiro atoms. The van der Waals surface area contributed by atoms with Crippen LogP contribution in [0.15, 0.2) is 40.9 Å². The molecule has 0 radical (unpaired) electrons. The molecule has 0 fully saturated rings. The predicted octanol–water partition coefficient (Wildman–Crippen LogP) is 2.48. The van der Waals surface area contributed by atoms with Crippen molar-refractivity contribution < 1.29 is 9.21 Å². The zero-order chi connectivity index (χ0) is 12.3. The molecule has 0 aliphatic rings. The van der Waals surface area contributed by atoms with Crippen molar-refractivity contribution in [3.05, 3.63) is 42.3 Å². The third-order valence-electron chi connectivity index (χ3n) is 2.17. The van der Waals surface area contributed by atoms with Crippen LogP contribution in [0.2, 0.25) is 0 Å². The number of amides is 1. The van der Waals surface area contributed by atoms with Crippen LogP contribution in [-0.2, 0) is 0 Å². The summed E-state index contributed by atoms with van der Waals surface area (Å²) >= 11 is 0. The van der Waals surface area contributed by atoms with E-state index in [1.165, 1.54) is 6.20 Å². The molecular weight excluding hydrogens is 216 g/mol. The zero-order valence-electron chi connectivity index (χ0n) is 9.81. The third kappa shape index (κ3) is 2.72. The van der Waals surface area contributed by atoms with Gasteiger partial charge in [0, 0.05) is 11.6 Å². The monoisotopic (exact) mass is 230 g/mol. The zero-order valence-corrected chi connectivity index (χ0v) is 9.81. The molecule has 1 N–H and O–H groups in total. The highest BCUT2D eigenvalue weighted by molar-refractivity contribution is 5.91. The maximum absolute atomic E-state index is 11.7. The van der Waals surface area contributed by atoms with Gasteiger partial charge in [0.25, 0.3) is 5.91 Å². The summed E-state index contributed by atoms with van der Waals surface area (Å²) in [5, 5.41) is 2.75. The van der Waals surface area contributed by atoms with Crippen LogP contribution < -0.4 is 5.32 Å². The van der Waals surface area contributed by atoms with Gasteiger partial charge in [-0.05, 0) is 26.0 Å². The fraction of sp³-hybridized carbons (Fsp3) is 0.231. The minimum absolute atomic E-state index is 0.0766. The number of nitrogens with zero attached hydrogens (tertiary/aromatic N) is 1. The van der Waals surface area contributed by atoms with E-state index in [1.54, 1.807) is 0 Å². The minimum atomic E-state index is -0.241. The Morgan fingerprint density at radius 2 is 2.00 bits per heavy atom. The van der Waals surface area contributed by atoms with E-state index >= 15 is 0 Å². The number of hydrogen-bond donors (Lipinski definition) is 1. The fourth-order valence-corrected chi connectivity index (χ4v) is 1.43. The first kappa shape index (κ1) is 11.4. The summed E-state index contributed by atoms with van der Waals surface area (Å²) in [4.78, 5) is 15.7. The standard InChI is InChI=1S/C13H14N2O2/c1-9(2)15-12(16)11-8-14-13(17-11)10-6-4-3-5-7-10/h3-9H,1-2H3,(H,15,16). The first-order valence-electron chi connectivity index (χ1n) is 5.49. The lowest BCUT2D eigenvalue weighted by Crippen LogP contribution is -2.29. The van der Waals surface area contributed by atoms with Crippen LogP contribution in [0.25, 0.3) is 11.5 Å². The highest BCUT2D eigenvalue weighted by Gasteiger charge is 2.13. The van der Waals surface area contributed by atoms with E-state index in [-0.39, 0.29) is 17.7 Å². The number of rotatable bonds is 3. The second-order valence-electron chi connectivity index (χ2n) is 4.02. The number of carbonyl (C=O) groups excluding carboxylic acids is 1. The van der Waals surface area contributed by atoms with Gasteiger partial charge < -0.3 is 9.73 Å². The lowest BCUT2D eigenvalue weighted by Gasteiger charge is -2.04. The molecular formula is C13H14N2O2. The van der Waals surface area contributed by atoms with Crippen LogP contribution in [-0.4, -0.2) is 16.9 Å². The molecule has 0 atom stereocenters. The van der Waals surface area contributed by atoms with Gasteiger partial charge in [0.1, 0.15) is 0 Å². The van der Waals surface area contributed by atoms with Crippen LogP contribution in [0, 0.1) is 0 Å². The van der Waals surface area contributed by atoms with Gasteiger partial charge in [-0.15, -0.1) is 0 Å². The Bertz CT molecular complexity index is 503. The maximum Gasteiger partial charge on any atom is 0.288 e. The molecule has 1 aromatic carbocycles. The summed E-state index contributed by atoms with van der Waals surface area (Å²) in [7, 11) is 0. The van der Waals surface area contributed by atoms with Crippen molar-refractivity contribution in [3.63, 3.8) is 0 Å². The Hall–Kier alpha value is -2.10. The molecule has 1 aromatic heterocycles. The molecule has 0 aliphatic carbocycles. The van der Waals surface area contributed by atoms with E-state index < -0.39 is 0 Å². The largest absolute Gasteiger partial charge is 0.431 e. The predicted molar refractivity (Wildman–Crippen MR) is 64.5 cm³/mol. The molecule has 2 rings (SSSR count). The molecule has 0 unspecified atom stereocenters. The van der Waals surface area contributed by atoms with Crippen molar-refractivity contribution in [1.29, 1.82) is 0 Å². The van der Waals surface area contributed by atoms with Crippen LogP contribution in [0.3, 0.4) is 0 Å². The van der Waals surface area contributed by atoms with Crippen molar-refractivity contribution in [1.82, 2.24) is 10.3 Å². The number of carbonyl (C=O) groups is 1. The highest BCUT2D eigenvalue weighted by Crippen LogP contribution is 2.18. The average Bonchev–Trinajstić information content (AvgIpc) is 2.78. The van der Waals surface area contributed by atoms with Crippen LogP contribution in [0.1, 0.15) is 24.4 Å². The lowest BCUT2D eigenvalue weighted by molar-refractivity contribution is 0.0916. The summed E-state index contributed by atoms with van der Waals surface area (Å²) in [6, 6.07) is 9.55. The second-order valence-corrected chi connectivity index (χ2v) is 4.02. The van der Waals surface area contributed by atoms with Gasteiger partial charge in [-0.3, -0.25) is 4.79 Å². The van der Waals surface area contributed by atoms with Crippen LogP contribution >= 0.6 is 0 Å². The van der Waals surface area contributed by atoms with Gasteiger partial charge in [0.15, 0.2) is 0 Å². The van der Waals surface area contributed by atoms with Crippen molar-refractivity contribution in [2.24, 2.45) is 0 Å². The van der Waals surface area contributed by atoms with Gasteiger partial charge in [-0.1, -0.05) is 18.2 Å². The summed E-state index contributed by atoms with van der Waals surface area (Å²) in [6.07, 6.45) is 1.44. The molecule has 1 amide bonds. The molecule has 88 valence electrons. The third-order valence-corrected chi connectivity index (χ3v) is 2.17. The highest BCUT2D eigenvalue weighted by atomic mass is 16.4. The number of hydrogen-bond acceptors (Lipinski definition) is 3. The fourth-order valence-electron chi connectivity index (χ4n) is 1.43. The molecule has 0 aliphatic heterocycles. The topological polar surface area (TPSA) is 55.1 Å². The number of aromatic nitrogens is 1. The van der Waals surface area contributed by atoms with Crippen LogP contribution in [0.5, 0.6) is 0 Å². The Labute approximate surface area is 99.7 Å². The number of nitrogens with one attached hydrogen (secondary N) is 1. The van der Waals surface area contributed by atoms with Crippen LogP contribution in [0.4, 0.5) is 0 Å². The normalized spacial score (nSPS) is 10.5. The van der Waals surface area contributed by atoms with Gasteiger partial charge in [0.05, 0.1) is 6.20 Å². The van der Waals surface area contributed by atoms with Gasteiger partial charge in [-0.2, -0.15) is 0 Å². The summed E-state index contributed by atoms with van der Waals surface area (Å²) < 4.78 is 5.41. The van der Waals surface area contributed by atoms with Gasteiger partial charge in [-0.25, -0.2) is 4.98 Å². The van der Waals surface area contributed by atoms with Gasteiger partial charge >= 0.3 is 0 Å². The van der Waals surface area contributed by atoms with E-state index in [0.29, 0.717) is 5.89 Å². The summed E-state index contributed by atoms with van der Waals surface area (Å²) in [6.45, 7) is 3.79. The Balaban J connectivity index is 2.19. The Morgan fingerprint density at radius 1 is 1.29 bits per heavy atom. The molecule has 0 saturated carbocycles. The molecule has 17 heavy (non-hydrogen) atoms. The number of benzene rings is 1. The first-order valence-corrected chi connectivity index (χ1v) is 5.49. The van der Waals surface area contributed by atoms with E-state index in [2.05, 4.69) is 10.3 Å². The van der Waals surface area contributed by atoms with Crippen molar-refractivity contribution in [2.75, 3.05) is 0 Å². The smallest absolute Gasteiger partial charge is 0.288 e. The first-order chi connectivity index (χ1) is 8.16. The lowest BCUT2D eigenvalue weighted by atomic mass is 10.2. The second kappa shape index (κ2) is 4.82. The van der Waals surface area contributed by atoms with Gasteiger partial charge in [0.2, 0.25) is 11.7 Å². The average molecular weight is 230 g/mol. The van der Waals surface area contributed by atoms with E-state index in [9.17, 15) is 4.79 Å². The van der Waals surface area contributed by atoms with E-state index in [1.807, 2.05) is 44.2 Å². The maximum atomic E-state index is 11.7. The van der Waals surface area contributed by atoms with Crippen molar-refractivity contribution >= 4 is 5.91 Å². The van der Waals surface area contributed by atoms with E-state index in [4.69, 9.17) is 4.42 Å². The molecule has 2 aromatic rings. The Kier molecular flexibility index (Phi) is 3.23. The van der Waals surface area contributed by atoms with Crippen molar-refractivity contribution in [2.45, 2.75) is 19.9 Å². The molecule has 4 nitrogen and oxygen atoms in total. The molecule has 0 saturated heterocycles.